The topological polar surface area (TPSA) is 17.1 Å². The maximum atomic E-state index is 9.37. The Morgan fingerprint density at radius 3 is 2.00 bits per heavy atom. The standard InChI is InChI=1S/CH3BOP/c1-4(2)3/h1H3/q+1. The van der Waals surface area contributed by atoms with E-state index in [1.807, 2.05) is 0 Å². The molecule has 0 aliphatic carbocycles. The van der Waals surface area contributed by atoms with Gasteiger partial charge in [0.05, 0.1) is 0 Å². The lowest BCUT2D eigenvalue weighted by Gasteiger charge is -1.36. The molecule has 0 heterocycles. The smallest absolute Gasteiger partial charge is 0.100 e. The van der Waals surface area contributed by atoms with Gasteiger partial charge in [0, 0.05) is 0 Å². The van der Waals surface area contributed by atoms with Gasteiger partial charge < -0.3 is 0 Å². The Balaban J connectivity index is 2.80. The fourth-order valence-corrected chi connectivity index (χ4v) is 0. The molecule has 20 valence electrons. The lowest BCUT2D eigenvalue weighted by Crippen LogP contribution is -1.38. The Labute approximate surface area is 27.6 Å². The predicted octanol–water partition coefficient (Wildman–Crippen LogP) is 0.527. The van der Waals surface area contributed by atoms with Crippen molar-refractivity contribution in [3.05, 3.63) is 0 Å². The molecule has 1 nitrogen and oxygen atoms in total. The molecule has 0 bridgehead atoms. The van der Waals surface area contributed by atoms with Gasteiger partial charge in [-0.3, -0.25) is 0 Å². The minimum absolute atomic E-state index is 1.37. The lowest BCUT2D eigenvalue weighted by atomic mass is 10.8. The largest absolute Gasteiger partial charge is 0.502 e. The molecule has 0 amide bonds. The highest BCUT2D eigenvalue weighted by Crippen LogP contribution is 1.98. The molecule has 4 heavy (non-hydrogen) atoms. The molecule has 0 fully saturated rings. The van der Waals surface area contributed by atoms with Gasteiger partial charge in [-0.05, 0) is 0 Å². The van der Waals surface area contributed by atoms with E-state index in [-0.39, 0.29) is 0 Å². The van der Waals surface area contributed by atoms with Gasteiger partial charge in [-0.1, -0.05) is 0 Å². The van der Waals surface area contributed by atoms with Crippen molar-refractivity contribution >= 4 is 15.2 Å². The summed E-state index contributed by atoms with van der Waals surface area (Å²) in [4.78, 5) is 0. The third-order valence-corrected chi connectivity index (χ3v) is 0. The molecule has 1 unspecified atom stereocenters. The summed E-state index contributed by atoms with van der Waals surface area (Å²) >= 11 is 0. The van der Waals surface area contributed by atoms with Crippen LogP contribution in [0.5, 0.6) is 0 Å². The Bertz CT molecular complexity index is 31.0. The summed E-state index contributed by atoms with van der Waals surface area (Å²) in [6.45, 7) is 1.45. The molecule has 0 aromatic heterocycles. The zero-order valence-electron chi connectivity index (χ0n) is 2.43. The van der Waals surface area contributed by atoms with Crippen LogP contribution in [0.3, 0.4) is 0 Å². The van der Waals surface area contributed by atoms with Crippen LogP contribution >= 0.6 is 7.68 Å². The highest BCUT2D eigenvalue weighted by Gasteiger charge is 1.84. The van der Waals surface area contributed by atoms with E-state index in [2.05, 4.69) is 7.57 Å². The first-order valence-electron chi connectivity index (χ1n) is 0.888. The second kappa shape index (κ2) is 1.48. The van der Waals surface area contributed by atoms with Crippen molar-refractivity contribution in [2.45, 2.75) is 0 Å². The quantitative estimate of drug-likeness (QED) is 0.302. The normalized spacial score (nSPS) is 10.8. The van der Waals surface area contributed by atoms with Crippen LogP contribution in [0.15, 0.2) is 0 Å². The predicted molar refractivity (Wildman–Crippen MR) is 19.3 cm³/mol. The van der Waals surface area contributed by atoms with E-state index in [0.29, 0.717) is 0 Å². The van der Waals surface area contributed by atoms with E-state index < -0.39 is 7.68 Å². The molecule has 0 rings (SSSR count). The number of rotatable bonds is 0. The van der Waals surface area contributed by atoms with Crippen LogP contribution in [0.1, 0.15) is 0 Å². The lowest BCUT2D eigenvalue weighted by molar-refractivity contribution is 0.598. The van der Waals surface area contributed by atoms with Crippen LogP contribution < -0.4 is 0 Å². The summed E-state index contributed by atoms with van der Waals surface area (Å²) in [5.41, 5.74) is 0. The summed E-state index contributed by atoms with van der Waals surface area (Å²) in [7, 11) is 3.25. The Morgan fingerprint density at radius 2 is 2.00 bits per heavy atom. The number of hydrogen-bond acceptors (Lipinski definition) is 1. The Hall–Kier alpha value is 0.165. The highest BCUT2D eigenvalue weighted by molar-refractivity contribution is 7.71. The van der Waals surface area contributed by atoms with E-state index in [1.54, 1.807) is 0 Å². The zero-order chi connectivity index (χ0) is 3.58. The first-order valence-corrected chi connectivity index (χ1v) is 2.66. The zero-order valence-corrected chi connectivity index (χ0v) is 3.33. The molecular weight excluding hydrogens is 69.8 g/mol. The van der Waals surface area contributed by atoms with E-state index in [1.165, 1.54) is 6.66 Å². The van der Waals surface area contributed by atoms with Crippen molar-refractivity contribution in [2.24, 2.45) is 0 Å². The maximum Gasteiger partial charge on any atom is 0.502 e. The van der Waals surface area contributed by atoms with Crippen LogP contribution in [0.2, 0.25) is 0 Å². The number of hydrogen-bond donors (Lipinski definition) is 0. The third kappa shape index (κ3) is 108. The molecule has 0 aliphatic heterocycles. The second-order valence-electron chi connectivity index (χ2n) is 0.546. The monoisotopic (exact) mass is 73.0 g/mol. The molecule has 0 aromatic rings. The van der Waals surface area contributed by atoms with Crippen LogP contribution in [0.4, 0.5) is 0 Å². The fourth-order valence-electron chi connectivity index (χ4n) is 0. The summed E-state index contributed by atoms with van der Waals surface area (Å²) in [6, 6.07) is 0. The molecule has 0 aliphatic rings. The molecule has 3 heteroatoms. The van der Waals surface area contributed by atoms with Crippen molar-refractivity contribution in [2.75, 3.05) is 6.66 Å². The van der Waals surface area contributed by atoms with Crippen molar-refractivity contribution < 1.29 is 4.57 Å². The molecule has 2 radical (unpaired) electrons. The first-order chi connectivity index (χ1) is 1.73. The van der Waals surface area contributed by atoms with Gasteiger partial charge in [-0.2, -0.15) is 0 Å². The average Bonchev–Trinajstić information content (AvgIpc) is 0.811. The second-order valence-corrected chi connectivity index (χ2v) is 1.64. The first kappa shape index (κ1) is 4.16. The maximum absolute atomic E-state index is 9.37. The van der Waals surface area contributed by atoms with Crippen molar-refractivity contribution in [3.63, 3.8) is 0 Å². The van der Waals surface area contributed by atoms with Gasteiger partial charge in [0.25, 0.3) is 7.68 Å². The molecule has 0 aromatic carbocycles. The minimum Gasteiger partial charge on any atom is -0.100 e. The van der Waals surface area contributed by atoms with E-state index in [4.69, 9.17) is 0 Å². The fraction of sp³-hybridized carbons (Fsp3) is 1.00. The van der Waals surface area contributed by atoms with E-state index >= 15 is 0 Å². The molecule has 0 N–H and O–H groups in total. The molecule has 0 spiro atoms. The highest BCUT2D eigenvalue weighted by atomic mass is 31.1. The van der Waals surface area contributed by atoms with Gasteiger partial charge in [0.1, 0.15) is 6.66 Å². The molecule has 0 saturated carbocycles. The minimum atomic E-state index is -1.37. The SMILES string of the molecule is [B][P+](C)=O. The summed E-state index contributed by atoms with van der Waals surface area (Å²) < 4.78 is 9.37. The Kier molecular flexibility index (Phi) is 1.54. The average molecular weight is 72.8 g/mol. The van der Waals surface area contributed by atoms with Gasteiger partial charge in [-0.25, -0.2) is 0 Å². The van der Waals surface area contributed by atoms with E-state index in [9.17, 15) is 4.57 Å². The summed E-state index contributed by atoms with van der Waals surface area (Å²) in [5.74, 6) is 0. The van der Waals surface area contributed by atoms with Crippen LogP contribution in [-0.2, 0) is 4.57 Å². The summed E-state index contributed by atoms with van der Waals surface area (Å²) in [6.07, 6.45) is 0. The third-order valence-electron chi connectivity index (χ3n) is 0. The van der Waals surface area contributed by atoms with Gasteiger partial charge in [-0.15, -0.1) is 4.57 Å². The van der Waals surface area contributed by atoms with Gasteiger partial charge in [0.15, 0.2) is 0 Å². The Morgan fingerprint density at radius 1 is 2.00 bits per heavy atom. The van der Waals surface area contributed by atoms with Crippen LogP contribution in [0.25, 0.3) is 0 Å². The van der Waals surface area contributed by atoms with Crippen LogP contribution in [0, 0.1) is 0 Å². The van der Waals surface area contributed by atoms with Crippen molar-refractivity contribution in [1.82, 2.24) is 0 Å². The van der Waals surface area contributed by atoms with Crippen molar-refractivity contribution in [3.8, 4) is 0 Å². The van der Waals surface area contributed by atoms with E-state index in [0.717, 1.165) is 0 Å². The van der Waals surface area contributed by atoms with Gasteiger partial charge >= 0.3 is 7.57 Å². The molecule has 1 atom stereocenters. The van der Waals surface area contributed by atoms with Crippen molar-refractivity contribution in [1.29, 1.82) is 0 Å². The molecule has 0 saturated heterocycles. The van der Waals surface area contributed by atoms with Gasteiger partial charge in [0.2, 0.25) is 0 Å². The molecular formula is CH3BOP+. The van der Waals surface area contributed by atoms with Crippen LogP contribution in [-0.4, -0.2) is 14.2 Å². The summed E-state index contributed by atoms with van der Waals surface area (Å²) in [5, 5.41) is 0.